The van der Waals surface area contributed by atoms with Gasteiger partial charge in [-0.05, 0) is 54.4 Å². The number of aliphatic hydroxyl groups is 1. The lowest BCUT2D eigenvalue weighted by Crippen LogP contribution is -2.59. The van der Waals surface area contributed by atoms with Gasteiger partial charge in [0.1, 0.15) is 17.0 Å². The number of ether oxygens (including phenoxy) is 2. The van der Waals surface area contributed by atoms with E-state index < -0.39 is 40.9 Å². The molecule has 2 aromatic carbocycles. The van der Waals surface area contributed by atoms with E-state index in [0.717, 1.165) is 6.07 Å². The van der Waals surface area contributed by atoms with Crippen LogP contribution in [0.2, 0.25) is 0 Å². The van der Waals surface area contributed by atoms with Crippen molar-refractivity contribution in [2.24, 2.45) is 0 Å². The number of rotatable bonds is 8. The summed E-state index contributed by atoms with van der Waals surface area (Å²) < 4.78 is 51.5. The van der Waals surface area contributed by atoms with E-state index in [-0.39, 0.29) is 24.5 Å². The van der Waals surface area contributed by atoms with Gasteiger partial charge in [-0.1, -0.05) is 18.2 Å². The van der Waals surface area contributed by atoms with E-state index in [9.17, 15) is 27.9 Å². The molecule has 0 saturated carbocycles. The number of hydrogen-bond acceptors (Lipinski definition) is 6. The van der Waals surface area contributed by atoms with Crippen molar-refractivity contribution in [1.82, 2.24) is 15.6 Å². The second-order valence-electron chi connectivity index (χ2n) is 8.94. The normalized spacial score (nSPS) is 18.0. The molecule has 11 heteroatoms. The molecule has 4 rings (SSSR count). The predicted molar refractivity (Wildman–Crippen MR) is 130 cm³/mol. The average Bonchev–Trinajstić information content (AvgIpc) is 3.37. The van der Waals surface area contributed by atoms with Crippen LogP contribution in [-0.2, 0) is 22.3 Å². The van der Waals surface area contributed by atoms with E-state index in [1.807, 2.05) is 0 Å². The van der Waals surface area contributed by atoms with Crippen LogP contribution in [0.25, 0.3) is 0 Å². The first-order valence-corrected chi connectivity index (χ1v) is 11.8. The smallest absolute Gasteiger partial charge is 0.419 e. The zero-order valence-corrected chi connectivity index (χ0v) is 20.4. The summed E-state index contributed by atoms with van der Waals surface area (Å²) in [5.74, 6) is -1.09. The minimum absolute atomic E-state index is 0.0208. The summed E-state index contributed by atoms with van der Waals surface area (Å²) in [4.78, 5) is 29.6. The second kappa shape index (κ2) is 11.2. The highest BCUT2D eigenvalue weighted by atomic mass is 19.4. The Hall–Kier alpha value is -3.96. The number of pyridine rings is 1. The Balaban J connectivity index is 1.41. The molecule has 3 aromatic rings. The molecule has 2 amide bonds. The molecule has 200 valence electrons. The van der Waals surface area contributed by atoms with Crippen molar-refractivity contribution in [3.05, 3.63) is 89.2 Å². The van der Waals surface area contributed by atoms with Gasteiger partial charge in [-0.15, -0.1) is 0 Å². The van der Waals surface area contributed by atoms with E-state index in [1.54, 1.807) is 24.3 Å². The third-order valence-electron chi connectivity index (χ3n) is 6.13. The summed E-state index contributed by atoms with van der Waals surface area (Å²) in [7, 11) is 0. The molecule has 0 spiro atoms. The molecular weight excluding hydrogens is 503 g/mol. The Morgan fingerprint density at radius 3 is 2.55 bits per heavy atom. The van der Waals surface area contributed by atoms with Crippen molar-refractivity contribution in [1.29, 1.82) is 0 Å². The van der Waals surface area contributed by atoms with Crippen LogP contribution in [0.1, 0.15) is 46.5 Å². The number of nitrogens with one attached hydrogen (secondary N) is 2. The van der Waals surface area contributed by atoms with Gasteiger partial charge in [-0.2, -0.15) is 13.2 Å². The molecule has 8 nitrogen and oxygen atoms in total. The largest absolute Gasteiger partial charge is 0.457 e. The summed E-state index contributed by atoms with van der Waals surface area (Å²) >= 11 is 0. The van der Waals surface area contributed by atoms with Gasteiger partial charge in [-0.25, -0.2) is 0 Å². The van der Waals surface area contributed by atoms with Crippen LogP contribution in [0, 0.1) is 0 Å². The van der Waals surface area contributed by atoms with Crippen molar-refractivity contribution < 1.29 is 37.3 Å². The number of hydrogen-bond donors (Lipinski definition) is 3. The number of aliphatic hydroxyl groups excluding tert-OH is 1. The van der Waals surface area contributed by atoms with Gasteiger partial charge in [0.2, 0.25) is 5.91 Å². The molecule has 1 aliphatic rings. The molecule has 2 unspecified atom stereocenters. The van der Waals surface area contributed by atoms with Crippen molar-refractivity contribution >= 4 is 11.8 Å². The van der Waals surface area contributed by atoms with E-state index >= 15 is 0 Å². The molecule has 38 heavy (non-hydrogen) atoms. The summed E-state index contributed by atoms with van der Waals surface area (Å²) in [5.41, 5.74) is -1.12. The summed E-state index contributed by atoms with van der Waals surface area (Å²) in [5, 5.41) is 15.2. The number of benzene rings is 2. The number of carbonyl (C=O) groups is 2. The molecule has 1 saturated heterocycles. The third kappa shape index (κ3) is 6.29. The Kier molecular flexibility index (Phi) is 7.98. The molecule has 1 fully saturated rings. The number of halogens is 3. The minimum atomic E-state index is -4.67. The molecule has 0 radical (unpaired) electrons. The highest BCUT2D eigenvalue weighted by molar-refractivity contribution is 5.99. The highest BCUT2D eigenvalue weighted by Crippen LogP contribution is 2.39. The van der Waals surface area contributed by atoms with Crippen molar-refractivity contribution in [3.63, 3.8) is 0 Å². The Bertz CT molecular complexity index is 1280. The molecule has 0 aliphatic carbocycles. The lowest BCUT2D eigenvalue weighted by atomic mass is 9.96. The number of aromatic nitrogens is 1. The maximum atomic E-state index is 13.5. The van der Waals surface area contributed by atoms with Crippen LogP contribution < -0.4 is 15.4 Å². The van der Waals surface area contributed by atoms with Crippen molar-refractivity contribution in [2.75, 3.05) is 13.2 Å². The molecular formula is C27H26F3N3O5. The lowest BCUT2D eigenvalue weighted by Gasteiger charge is -2.27. The van der Waals surface area contributed by atoms with Crippen LogP contribution >= 0.6 is 0 Å². The first-order valence-electron chi connectivity index (χ1n) is 11.8. The van der Waals surface area contributed by atoms with Crippen molar-refractivity contribution in [3.8, 4) is 11.5 Å². The molecule has 2 heterocycles. The van der Waals surface area contributed by atoms with Crippen LogP contribution in [-0.4, -0.2) is 40.7 Å². The summed E-state index contributed by atoms with van der Waals surface area (Å²) in [6.07, 6.45) is -2.49. The van der Waals surface area contributed by atoms with Gasteiger partial charge in [0.05, 0.1) is 23.8 Å². The number of nitrogens with zero attached hydrogens (tertiary/aromatic N) is 1. The zero-order chi connectivity index (χ0) is 27.3. The van der Waals surface area contributed by atoms with Crippen LogP contribution in [0.3, 0.4) is 0 Å². The number of amides is 2. The molecule has 3 N–H and O–H groups in total. The van der Waals surface area contributed by atoms with Crippen LogP contribution in [0.5, 0.6) is 11.5 Å². The molecule has 1 aliphatic heterocycles. The van der Waals surface area contributed by atoms with Gasteiger partial charge in [0, 0.05) is 32.0 Å². The fourth-order valence-corrected chi connectivity index (χ4v) is 3.96. The minimum Gasteiger partial charge on any atom is -0.457 e. The van der Waals surface area contributed by atoms with Gasteiger partial charge in [0.15, 0.2) is 0 Å². The zero-order valence-electron chi connectivity index (χ0n) is 20.4. The maximum absolute atomic E-state index is 13.5. The van der Waals surface area contributed by atoms with E-state index in [2.05, 4.69) is 15.6 Å². The van der Waals surface area contributed by atoms with E-state index in [4.69, 9.17) is 9.47 Å². The second-order valence-corrected chi connectivity index (χ2v) is 8.94. The number of alkyl halides is 3. The Labute approximate surface area is 216 Å². The monoisotopic (exact) mass is 529 g/mol. The van der Waals surface area contributed by atoms with Gasteiger partial charge in [0.25, 0.3) is 5.91 Å². The molecule has 2 atom stereocenters. The predicted octanol–water partition coefficient (Wildman–Crippen LogP) is 4.15. The topological polar surface area (TPSA) is 110 Å². The fraction of sp³-hybridized carbons (Fsp3) is 0.296. The quantitative estimate of drug-likeness (QED) is 0.405. The SMILES string of the molecule is CC(O)c1ccc(Oc2ccc(CNC(=O)C3(NC(=O)c4cccnc4)CCOC3)cc2)c(C(F)(F)F)c1. The standard InChI is InChI=1S/C27H26F3N3O5/c1-17(34)19-6-9-23(22(13-19)27(28,29)30)38-21-7-4-18(5-8-21)14-32-25(36)26(10-12-37-16-26)33-24(35)20-3-2-11-31-15-20/h2-9,11,13,15,17,34H,10,12,14,16H2,1H3,(H,32,36)(H,33,35). The Morgan fingerprint density at radius 1 is 1.18 bits per heavy atom. The van der Waals surface area contributed by atoms with E-state index in [0.29, 0.717) is 24.2 Å². The molecule has 0 bridgehead atoms. The van der Waals surface area contributed by atoms with Crippen LogP contribution in [0.4, 0.5) is 13.2 Å². The Morgan fingerprint density at radius 2 is 1.95 bits per heavy atom. The third-order valence-corrected chi connectivity index (χ3v) is 6.13. The van der Waals surface area contributed by atoms with E-state index in [1.165, 1.54) is 43.6 Å². The molecule has 1 aromatic heterocycles. The van der Waals surface area contributed by atoms with Gasteiger partial charge >= 0.3 is 6.18 Å². The first-order chi connectivity index (χ1) is 18.1. The van der Waals surface area contributed by atoms with Gasteiger partial charge in [-0.3, -0.25) is 14.6 Å². The fourth-order valence-electron chi connectivity index (χ4n) is 3.96. The number of carbonyl (C=O) groups excluding carboxylic acids is 2. The highest BCUT2D eigenvalue weighted by Gasteiger charge is 2.43. The van der Waals surface area contributed by atoms with Gasteiger partial charge < -0.3 is 25.2 Å². The summed E-state index contributed by atoms with van der Waals surface area (Å²) in [6.45, 7) is 1.82. The maximum Gasteiger partial charge on any atom is 0.419 e. The van der Waals surface area contributed by atoms with Crippen LogP contribution in [0.15, 0.2) is 67.0 Å². The average molecular weight is 530 g/mol. The summed E-state index contributed by atoms with van der Waals surface area (Å²) in [6, 6.07) is 12.8. The van der Waals surface area contributed by atoms with Crippen molar-refractivity contribution in [2.45, 2.75) is 37.7 Å². The first kappa shape index (κ1) is 27.1. The lowest BCUT2D eigenvalue weighted by molar-refractivity contribution is -0.138.